The van der Waals surface area contributed by atoms with Crippen LogP contribution in [0.2, 0.25) is 0 Å². The molecule has 0 saturated carbocycles. The maximum atomic E-state index is 13.9. The highest BCUT2D eigenvalue weighted by Crippen LogP contribution is 2.38. The molecule has 1 amide bonds. The fourth-order valence-electron chi connectivity index (χ4n) is 3.83. The molecular weight excluding hydrogens is 400 g/mol. The Labute approximate surface area is 181 Å². The first-order valence-electron chi connectivity index (χ1n) is 10.2. The molecule has 164 valence electrons. The molecule has 3 rings (SSSR count). The summed E-state index contributed by atoms with van der Waals surface area (Å²) < 4.78 is 32.9. The highest BCUT2D eigenvalue weighted by molar-refractivity contribution is 5.73. The topological polar surface area (TPSA) is 66.2 Å². The van der Waals surface area contributed by atoms with Crippen molar-refractivity contribution in [2.75, 3.05) is 6.54 Å². The maximum absolute atomic E-state index is 13.9. The van der Waals surface area contributed by atoms with E-state index in [-0.39, 0.29) is 6.54 Å². The number of nitriles is 1. The molecule has 7 heteroatoms. The SMILES string of the molecule is CC(C)(C)OC(=O)N1CCc2nc(-c3ccc(F)c(F)c3)c(C#N)c(C(C)(C)C)c2C1. The van der Waals surface area contributed by atoms with Crippen LogP contribution < -0.4 is 0 Å². The van der Waals surface area contributed by atoms with Crippen LogP contribution in [0.15, 0.2) is 18.2 Å². The summed E-state index contributed by atoms with van der Waals surface area (Å²) in [6.45, 7) is 12.1. The third-order valence-electron chi connectivity index (χ3n) is 5.06. The normalized spacial score (nSPS) is 14.1. The highest BCUT2D eigenvalue weighted by Gasteiger charge is 2.34. The van der Waals surface area contributed by atoms with Gasteiger partial charge in [-0.3, -0.25) is 4.98 Å². The van der Waals surface area contributed by atoms with Crippen LogP contribution in [0.1, 0.15) is 63.9 Å². The average molecular weight is 427 g/mol. The van der Waals surface area contributed by atoms with Gasteiger partial charge in [-0.2, -0.15) is 5.26 Å². The lowest BCUT2D eigenvalue weighted by atomic mass is 9.78. The zero-order chi connectivity index (χ0) is 23.1. The third kappa shape index (κ3) is 4.68. The van der Waals surface area contributed by atoms with Crippen molar-refractivity contribution < 1.29 is 18.3 Å². The van der Waals surface area contributed by atoms with E-state index < -0.39 is 28.7 Å². The summed E-state index contributed by atoms with van der Waals surface area (Å²) >= 11 is 0. The lowest BCUT2D eigenvalue weighted by Gasteiger charge is -2.35. The van der Waals surface area contributed by atoms with Gasteiger partial charge in [0.1, 0.15) is 11.7 Å². The number of aromatic nitrogens is 1. The van der Waals surface area contributed by atoms with Gasteiger partial charge < -0.3 is 9.64 Å². The smallest absolute Gasteiger partial charge is 0.410 e. The minimum Gasteiger partial charge on any atom is -0.444 e. The van der Waals surface area contributed by atoms with E-state index in [4.69, 9.17) is 4.74 Å². The summed E-state index contributed by atoms with van der Waals surface area (Å²) in [6, 6.07) is 5.75. The lowest BCUT2D eigenvalue weighted by molar-refractivity contribution is 0.0221. The van der Waals surface area contributed by atoms with Gasteiger partial charge in [0, 0.05) is 24.2 Å². The summed E-state index contributed by atoms with van der Waals surface area (Å²) in [7, 11) is 0. The average Bonchev–Trinajstić information content (AvgIpc) is 2.65. The number of rotatable bonds is 1. The van der Waals surface area contributed by atoms with Crippen molar-refractivity contribution in [1.29, 1.82) is 5.26 Å². The molecule has 0 radical (unpaired) electrons. The Balaban J connectivity index is 2.16. The number of nitrogens with zero attached hydrogens (tertiary/aromatic N) is 3. The van der Waals surface area contributed by atoms with Gasteiger partial charge >= 0.3 is 6.09 Å². The predicted octanol–water partition coefficient (Wildman–Crippen LogP) is 5.49. The lowest BCUT2D eigenvalue weighted by Crippen LogP contribution is -2.41. The van der Waals surface area contributed by atoms with Crippen LogP contribution in [-0.2, 0) is 23.1 Å². The van der Waals surface area contributed by atoms with E-state index >= 15 is 0 Å². The molecular formula is C24H27F2N3O2. The van der Waals surface area contributed by atoms with Gasteiger partial charge in [-0.05, 0) is 55.5 Å². The molecule has 31 heavy (non-hydrogen) atoms. The first kappa shape index (κ1) is 22.7. The molecule has 5 nitrogen and oxygen atoms in total. The number of fused-ring (bicyclic) bond motifs is 1. The zero-order valence-corrected chi connectivity index (χ0v) is 18.8. The van der Waals surface area contributed by atoms with Crippen LogP contribution in [0.3, 0.4) is 0 Å². The number of carbonyl (C=O) groups excluding carboxylic acids is 1. The Morgan fingerprint density at radius 2 is 1.84 bits per heavy atom. The standard InChI is InChI=1S/C24H27F2N3O2/c1-23(2,3)20-15(12-27)21(14-7-8-17(25)18(26)11-14)28-19-9-10-29(13-16(19)20)22(30)31-24(4,5)6/h7-8,11H,9-10,13H2,1-6H3. The van der Waals surface area contributed by atoms with E-state index in [1.165, 1.54) is 6.07 Å². The van der Waals surface area contributed by atoms with Crippen LogP contribution in [0.4, 0.5) is 13.6 Å². The van der Waals surface area contributed by atoms with E-state index in [9.17, 15) is 18.8 Å². The van der Waals surface area contributed by atoms with E-state index in [0.717, 1.165) is 29.0 Å². The number of hydrogen-bond donors (Lipinski definition) is 0. The number of benzene rings is 1. The number of amides is 1. The van der Waals surface area contributed by atoms with Crippen molar-refractivity contribution in [3.05, 3.63) is 52.2 Å². The molecule has 0 saturated heterocycles. The second-order valence-electron chi connectivity index (χ2n) is 9.78. The summed E-state index contributed by atoms with van der Waals surface area (Å²) in [5.41, 5.74) is 2.25. The first-order valence-corrected chi connectivity index (χ1v) is 10.2. The van der Waals surface area contributed by atoms with Crippen LogP contribution in [0, 0.1) is 23.0 Å². The van der Waals surface area contributed by atoms with Crippen LogP contribution in [0.5, 0.6) is 0 Å². The Kier molecular flexibility index (Phi) is 5.79. The molecule has 2 aromatic rings. The first-order chi connectivity index (χ1) is 14.3. The summed E-state index contributed by atoms with van der Waals surface area (Å²) in [6.07, 6.45) is 0.0567. The molecule has 1 aromatic carbocycles. The van der Waals surface area contributed by atoms with Crippen molar-refractivity contribution in [2.45, 2.75) is 65.5 Å². The number of pyridine rings is 1. The maximum Gasteiger partial charge on any atom is 0.410 e. The van der Waals surface area contributed by atoms with Gasteiger partial charge in [-0.15, -0.1) is 0 Å². The molecule has 0 spiro atoms. The number of ether oxygens (including phenoxy) is 1. The fourth-order valence-corrected chi connectivity index (χ4v) is 3.83. The van der Waals surface area contributed by atoms with Crippen molar-refractivity contribution in [2.24, 2.45) is 0 Å². The summed E-state index contributed by atoms with van der Waals surface area (Å²) in [5.74, 6) is -1.95. The molecule has 1 aliphatic heterocycles. The molecule has 0 atom stereocenters. The third-order valence-corrected chi connectivity index (χ3v) is 5.06. The van der Waals surface area contributed by atoms with Crippen molar-refractivity contribution in [3.8, 4) is 17.3 Å². The fraction of sp³-hybridized carbons (Fsp3) is 0.458. The zero-order valence-electron chi connectivity index (χ0n) is 18.8. The van der Waals surface area contributed by atoms with Crippen molar-refractivity contribution >= 4 is 6.09 Å². The van der Waals surface area contributed by atoms with Crippen LogP contribution in [-0.4, -0.2) is 28.1 Å². The van der Waals surface area contributed by atoms with Crippen LogP contribution in [0.25, 0.3) is 11.3 Å². The Hall–Kier alpha value is -3.01. The predicted molar refractivity (Wildman–Crippen MR) is 113 cm³/mol. The van der Waals surface area contributed by atoms with Gasteiger partial charge in [0.05, 0.1) is 17.8 Å². The minimum absolute atomic E-state index is 0.274. The minimum atomic E-state index is -0.991. The quantitative estimate of drug-likeness (QED) is 0.604. The van der Waals surface area contributed by atoms with Crippen molar-refractivity contribution in [3.63, 3.8) is 0 Å². The second-order valence-corrected chi connectivity index (χ2v) is 9.78. The van der Waals surface area contributed by atoms with E-state index in [1.54, 1.807) is 4.90 Å². The molecule has 0 aliphatic carbocycles. The highest BCUT2D eigenvalue weighted by atomic mass is 19.2. The summed E-state index contributed by atoms with van der Waals surface area (Å²) in [5, 5.41) is 10.0. The van der Waals surface area contributed by atoms with Gasteiger partial charge in [0.25, 0.3) is 0 Å². The molecule has 1 aromatic heterocycles. The van der Waals surface area contributed by atoms with Gasteiger partial charge in [0.2, 0.25) is 0 Å². The summed E-state index contributed by atoms with van der Waals surface area (Å²) in [4.78, 5) is 18.9. The van der Waals surface area contributed by atoms with Gasteiger partial charge in [0.15, 0.2) is 11.6 Å². The van der Waals surface area contributed by atoms with Crippen molar-refractivity contribution in [1.82, 2.24) is 9.88 Å². The van der Waals surface area contributed by atoms with Gasteiger partial charge in [-0.1, -0.05) is 20.8 Å². The van der Waals surface area contributed by atoms with E-state index in [0.29, 0.717) is 29.8 Å². The second kappa shape index (κ2) is 7.92. The van der Waals surface area contributed by atoms with Gasteiger partial charge in [-0.25, -0.2) is 13.6 Å². The monoisotopic (exact) mass is 427 g/mol. The largest absolute Gasteiger partial charge is 0.444 e. The Morgan fingerprint density at radius 3 is 2.39 bits per heavy atom. The number of halogens is 2. The molecule has 1 aliphatic rings. The molecule has 0 bridgehead atoms. The molecule has 0 fully saturated rings. The Bertz CT molecular complexity index is 1080. The number of carbonyl (C=O) groups is 1. The van der Waals surface area contributed by atoms with E-state index in [2.05, 4.69) is 11.1 Å². The number of hydrogen-bond acceptors (Lipinski definition) is 4. The molecule has 0 N–H and O–H groups in total. The molecule has 2 heterocycles. The Morgan fingerprint density at radius 1 is 1.16 bits per heavy atom. The van der Waals surface area contributed by atoms with Crippen LogP contribution >= 0.6 is 0 Å². The molecule has 0 unspecified atom stereocenters. The van der Waals surface area contributed by atoms with E-state index in [1.807, 2.05) is 41.5 Å².